The summed E-state index contributed by atoms with van der Waals surface area (Å²) in [4.78, 5) is 22.4. The van der Waals surface area contributed by atoms with E-state index in [0.29, 0.717) is 28.9 Å². The Labute approximate surface area is 172 Å². The molecule has 8 heteroatoms. The molecule has 0 aliphatic rings. The van der Waals surface area contributed by atoms with Gasteiger partial charge in [0, 0.05) is 30.9 Å². The molecule has 4 rings (SSSR count). The van der Waals surface area contributed by atoms with Crippen LogP contribution in [0.3, 0.4) is 0 Å². The van der Waals surface area contributed by atoms with E-state index in [4.69, 9.17) is 16.3 Å². The lowest BCUT2D eigenvalue weighted by atomic mass is 10.1. The minimum atomic E-state index is -0.261. The first-order valence-electron chi connectivity index (χ1n) is 8.94. The molecule has 4 aromatic rings. The average Bonchev–Trinajstić information content (AvgIpc) is 2.71. The first-order chi connectivity index (χ1) is 14.0. The largest absolute Gasteiger partial charge is 0.437 e. The summed E-state index contributed by atoms with van der Waals surface area (Å²) in [5, 5.41) is 7.62. The standard InChI is InChI=1S/C21H18ClN5O2/c1-13-10-23-11-19(24-13)29-16-5-3-4-14(8-16)12-27(2)15-6-7-17-18(9-15)20(22)25-26-21(17)28/h3-11H,12H2,1-2H3,(H,26,28). The van der Waals surface area contributed by atoms with Gasteiger partial charge in [0.1, 0.15) is 5.75 Å². The van der Waals surface area contributed by atoms with Crippen LogP contribution in [0.15, 0.2) is 59.7 Å². The van der Waals surface area contributed by atoms with Crippen molar-refractivity contribution in [3.8, 4) is 11.6 Å². The summed E-state index contributed by atoms with van der Waals surface area (Å²) in [5.41, 5.74) is 2.51. The number of hydrogen-bond donors (Lipinski definition) is 1. The maximum Gasteiger partial charge on any atom is 0.272 e. The van der Waals surface area contributed by atoms with Gasteiger partial charge in [-0.3, -0.25) is 9.78 Å². The summed E-state index contributed by atoms with van der Waals surface area (Å²) in [5.74, 6) is 1.14. The lowest BCUT2D eigenvalue weighted by Gasteiger charge is -2.20. The van der Waals surface area contributed by atoms with Crippen molar-refractivity contribution >= 4 is 28.1 Å². The molecule has 2 aromatic heterocycles. The van der Waals surface area contributed by atoms with Crippen LogP contribution >= 0.6 is 11.6 Å². The lowest BCUT2D eigenvalue weighted by Crippen LogP contribution is -2.17. The third kappa shape index (κ3) is 4.20. The zero-order chi connectivity index (χ0) is 20.4. The van der Waals surface area contributed by atoms with Gasteiger partial charge in [-0.1, -0.05) is 23.7 Å². The smallest absolute Gasteiger partial charge is 0.272 e. The lowest BCUT2D eigenvalue weighted by molar-refractivity contribution is 0.458. The molecule has 2 aromatic carbocycles. The molecule has 1 N–H and O–H groups in total. The third-order valence-electron chi connectivity index (χ3n) is 4.44. The van der Waals surface area contributed by atoms with Gasteiger partial charge in [-0.15, -0.1) is 0 Å². The highest BCUT2D eigenvalue weighted by atomic mass is 35.5. The average molecular weight is 408 g/mol. The Kier molecular flexibility index (Phi) is 5.14. The van der Waals surface area contributed by atoms with Crippen LogP contribution in [-0.2, 0) is 6.54 Å². The maximum absolute atomic E-state index is 11.9. The molecule has 0 saturated carbocycles. The molecule has 0 saturated heterocycles. The first-order valence-corrected chi connectivity index (χ1v) is 9.32. The second-order valence-electron chi connectivity index (χ2n) is 6.68. The number of nitrogens with one attached hydrogen (secondary N) is 1. The second kappa shape index (κ2) is 7.89. The third-order valence-corrected chi connectivity index (χ3v) is 4.73. The molecular formula is C21H18ClN5O2. The van der Waals surface area contributed by atoms with Gasteiger partial charge in [-0.05, 0) is 42.8 Å². The Morgan fingerprint density at radius 3 is 2.83 bits per heavy atom. The van der Waals surface area contributed by atoms with E-state index < -0.39 is 0 Å². The van der Waals surface area contributed by atoms with Crippen molar-refractivity contribution in [3.05, 3.63) is 81.6 Å². The van der Waals surface area contributed by atoms with Gasteiger partial charge in [-0.2, -0.15) is 5.10 Å². The SMILES string of the molecule is Cc1cncc(Oc2cccc(CN(C)c3ccc4c(=O)[nH]nc(Cl)c4c3)c2)n1. The minimum absolute atomic E-state index is 0.261. The van der Waals surface area contributed by atoms with Gasteiger partial charge in [0.05, 0.1) is 17.3 Å². The highest BCUT2D eigenvalue weighted by Crippen LogP contribution is 2.26. The summed E-state index contributed by atoms with van der Waals surface area (Å²) < 4.78 is 5.82. The number of fused-ring (bicyclic) bond motifs is 1. The number of aromatic amines is 1. The fourth-order valence-electron chi connectivity index (χ4n) is 3.04. The fraction of sp³-hybridized carbons (Fsp3) is 0.143. The van der Waals surface area contributed by atoms with Crippen molar-refractivity contribution in [1.29, 1.82) is 0 Å². The topological polar surface area (TPSA) is 84.0 Å². The Morgan fingerprint density at radius 2 is 2.00 bits per heavy atom. The molecule has 0 radical (unpaired) electrons. The normalized spacial score (nSPS) is 10.9. The number of rotatable bonds is 5. The van der Waals surface area contributed by atoms with Crippen LogP contribution in [0.25, 0.3) is 10.8 Å². The van der Waals surface area contributed by atoms with Crippen LogP contribution < -0.4 is 15.2 Å². The molecule has 0 aliphatic heterocycles. The van der Waals surface area contributed by atoms with E-state index in [1.165, 1.54) is 0 Å². The van der Waals surface area contributed by atoms with E-state index >= 15 is 0 Å². The van der Waals surface area contributed by atoms with Gasteiger partial charge in [0.2, 0.25) is 5.88 Å². The Balaban J connectivity index is 1.55. The highest BCUT2D eigenvalue weighted by Gasteiger charge is 2.09. The van der Waals surface area contributed by atoms with Gasteiger partial charge in [-0.25, -0.2) is 10.1 Å². The minimum Gasteiger partial charge on any atom is -0.437 e. The number of benzene rings is 2. The number of nitrogens with zero attached hydrogens (tertiary/aromatic N) is 4. The van der Waals surface area contributed by atoms with Gasteiger partial charge >= 0.3 is 0 Å². The highest BCUT2D eigenvalue weighted by molar-refractivity contribution is 6.34. The number of aromatic nitrogens is 4. The molecule has 7 nitrogen and oxygen atoms in total. The number of aryl methyl sites for hydroxylation is 1. The van der Waals surface area contributed by atoms with Gasteiger partial charge in [0.25, 0.3) is 5.56 Å². The molecule has 0 amide bonds. The second-order valence-corrected chi connectivity index (χ2v) is 7.04. The van der Waals surface area contributed by atoms with Crippen LogP contribution in [-0.4, -0.2) is 27.2 Å². The number of hydrogen-bond acceptors (Lipinski definition) is 6. The molecule has 0 aliphatic carbocycles. The first kappa shape index (κ1) is 18.9. The predicted molar refractivity (Wildman–Crippen MR) is 113 cm³/mol. The van der Waals surface area contributed by atoms with Gasteiger partial charge in [0.15, 0.2) is 5.15 Å². The zero-order valence-electron chi connectivity index (χ0n) is 15.9. The predicted octanol–water partition coefficient (Wildman–Crippen LogP) is 4.10. The summed E-state index contributed by atoms with van der Waals surface area (Å²) in [6.45, 7) is 2.50. The van der Waals surface area contributed by atoms with Crippen LogP contribution in [0.1, 0.15) is 11.3 Å². The monoisotopic (exact) mass is 407 g/mol. The van der Waals surface area contributed by atoms with Crippen LogP contribution in [0.5, 0.6) is 11.6 Å². The van der Waals surface area contributed by atoms with E-state index in [0.717, 1.165) is 16.9 Å². The Hall–Kier alpha value is -3.45. The quantitative estimate of drug-likeness (QED) is 0.536. The van der Waals surface area contributed by atoms with E-state index in [1.54, 1.807) is 18.5 Å². The van der Waals surface area contributed by atoms with Crippen molar-refractivity contribution in [2.45, 2.75) is 13.5 Å². The van der Waals surface area contributed by atoms with Crippen molar-refractivity contribution < 1.29 is 4.74 Å². The van der Waals surface area contributed by atoms with E-state index in [1.807, 2.05) is 50.4 Å². The number of ether oxygens (including phenoxy) is 1. The van der Waals surface area contributed by atoms with Crippen LogP contribution in [0.2, 0.25) is 5.15 Å². The summed E-state index contributed by atoms with van der Waals surface area (Å²) in [6, 6.07) is 13.3. The molecule has 0 atom stereocenters. The molecule has 0 bridgehead atoms. The molecule has 29 heavy (non-hydrogen) atoms. The molecule has 0 unspecified atom stereocenters. The molecule has 146 valence electrons. The molecular weight excluding hydrogens is 390 g/mol. The summed E-state index contributed by atoms with van der Waals surface area (Å²) in [7, 11) is 1.97. The summed E-state index contributed by atoms with van der Waals surface area (Å²) >= 11 is 6.15. The van der Waals surface area contributed by atoms with Crippen LogP contribution in [0.4, 0.5) is 5.69 Å². The van der Waals surface area contributed by atoms with Crippen LogP contribution in [0, 0.1) is 6.92 Å². The van der Waals surface area contributed by atoms with Crippen molar-refractivity contribution in [2.75, 3.05) is 11.9 Å². The maximum atomic E-state index is 11.9. The summed E-state index contributed by atoms with van der Waals surface area (Å²) in [6.07, 6.45) is 3.26. The Morgan fingerprint density at radius 1 is 1.14 bits per heavy atom. The fourth-order valence-corrected chi connectivity index (χ4v) is 3.24. The molecule has 0 spiro atoms. The van der Waals surface area contributed by atoms with Crippen molar-refractivity contribution in [2.24, 2.45) is 0 Å². The number of halogens is 1. The Bertz CT molecular complexity index is 1240. The molecule has 2 heterocycles. The zero-order valence-corrected chi connectivity index (χ0v) is 16.6. The van der Waals surface area contributed by atoms with E-state index in [-0.39, 0.29) is 10.7 Å². The number of H-pyrrole nitrogens is 1. The van der Waals surface area contributed by atoms with Crippen molar-refractivity contribution in [1.82, 2.24) is 20.2 Å². The van der Waals surface area contributed by atoms with Crippen molar-refractivity contribution in [3.63, 3.8) is 0 Å². The van der Waals surface area contributed by atoms with E-state index in [9.17, 15) is 4.79 Å². The van der Waals surface area contributed by atoms with Gasteiger partial charge < -0.3 is 9.64 Å². The van der Waals surface area contributed by atoms with E-state index in [2.05, 4.69) is 25.1 Å². The molecule has 0 fully saturated rings. The number of anilines is 1.